The lowest BCUT2D eigenvalue weighted by molar-refractivity contribution is 0.488. The molecule has 0 aliphatic rings. The highest BCUT2D eigenvalue weighted by molar-refractivity contribution is 6.31. The molecule has 0 unspecified atom stereocenters. The van der Waals surface area contributed by atoms with Crippen LogP contribution < -0.4 is 10.5 Å². The number of nitrogen functional groups attached to an aromatic ring is 1. The van der Waals surface area contributed by atoms with Crippen LogP contribution in [0.1, 0.15) is 5.56 Å². The Morgan fingerprint density at radius 1 is 1.00 bits per heavy atom. The van der Waals surface area contributed by atoms with Crippen LogP contribution in [0.5, 0.6) is 11.5 Å². The van der Waals surface area contributed by atoms with Gasteiger partial charge in [0.15, 0.2) is 0 Å². The van der Waals surface area contributed by atoms with Gasteiger partial charge in [-0.25, -0.2) is 0 Å². The second-order valence-electron chi connectivity index (χ2n) is 4.55. The zero-order valence-electron chi connectivity index (χ0n) is 11.0. The molecular formula is C17H11ClN2O. The van der Waals surface area contributed by atoms with Crippen molar-refractivity contribution < 1.29 is 4.74 Å². The third-order valence-electron chi connectivity index (χ3n) is 3.21. The van der Waals surface area contributed by atoms with Gasteiger partial charge in [-0.2, -0.15) is 5.26 Å². The molecular weight excluding hydrogens is 284 g/mol. The number of ether oxygens (including phenoxy) is 1. The van der Waals surface area contributed by atoms with E-state index in [-0.39, 0.29) is 0 Å². The first-order valence-electron chi connectivity index (χ1n) is 6.34. The van der Waals surface area contributed by atoms with E-state index in [1.807, 2.05) is 42.5 Å². The van der Waals surface area contributed by atoms with Crippen LogP contribution in [-0.4, -0.2) is 0 Å². The highest BCUT2D eigenvalue weighted by Crippen LogP contribution is 2.34. The van der Waals surface area contributed by atoms with Crippen LogP contribution in [0.25, 0.3) is 10.8 Å². The maximum Gasteiger partial charge on any atom is 0.135 e. The Morgan fingerprint density at radius 3 is 2.48 bits per heavy atom. The van der Waals surface area contributed by atoms with Gasteiger partial charge in [0.1, 0.15) is 17.6 Å². The lowest BCUT2D eigenvalue weighted by Crippen LogP contribution is -1.91. The van der Waals surface area contributed by atoms with E-state index in [0.717, 1.165) is 10.8 Å². The van der Waals surface area contributed by atoms with Gasteiger partial charge in [-0.1, -0.05) is 35.9 Å². The molecule has 2 N–H and O–H groups in total. The topological polar surface area (TPSA) is 59.0 Å². The molecule has 0 atom stereocenters. The quantitative estimate of drug-likeness (QED) is 0.694. The molecule has 4 heteroatoms. The Balaban J connectivity index is 2.05. The molecule has 3 rings (SSSR count). The summed E-state index contributed by atoms with van der Waals surface area (Å²) in [6.07, 6.45) is 0. The summed E-state index contributed by atoms with van der Waals surface area (Å²) >= 11 is 6.02. The number of nitriles is 1. The Bertz CT molecular complexity index is 868. The van der Waals surface area contributed by atoms with E-state index in [2.05, 4.69) is 0 Å². The van der Waals surface area contributed by atoms with Crippen LogP contribution in [-0.2, 0) is 0 Å². The largest absolute Gasteiger partial charge is 0.457 e. The fraction of sp³-hybridized carbons (Fsp3) is 0. The van der Waals surface area contributed by atoms with E-state index >= 15 is 0 Å². The lowest BCUT2D eigenvalue weighted by Gasteiger charge is -2.11. The third kappa shape index (κ3) is 2.49. The molecule has 3 aromatic carbocycles. The predicted molar refractivity (Wildman–Crippen MR) is 84.6 cm³/mol. The summed E-state index contributed by atoms with van der Waals surface area (Å²) in [5.74, 6) is 1.27. The average molecular weight is 295 g/mol. The zero-order chi connectivity index (χ0) is 14.8. The van der Waals surface area contributed by atoms with Gasteiger partial charge in [-0.3, -0.25) is 0 Å². The second kappa shape index (κ2) is 5.35. The van der Waals surface area contributed by atoms with Crippen molar-refractivity contribution in [2.75, 3.05) is 5.73 Å². The Kier molecular flexibility index (Phi) is 3.39. The van der Waals surface area contributed by atoms with Crippen LogP contribution in [0.4, 0.5) is 5.69 Å². The van der Waals surface area contributed by atoms with Crippen molar-refractivity contribution in [2.24, 2.45) is 0 Å². The molecule has 21 heavy (non-hydrogen) atoms. The molecule has 0 fully saturated rings. The number of nitrogens with two attached hydrogens (primary N) is 1. The molecule has 0 spiro atoms. The van der Waals surface area contributed by atoms with Crippen LogP contribution in [0.15, 0.2) is 54.6 Å². The first-order chi connectivity index (χ1) is 10.2. The molecule has 0 amide bonds. The molecule has 0 aliphatic heterocycles. The van der Waals surface area contributed by atoms with Crippen molar-refractivity contribution in [2.45, 2.75) is 0 Å². The maximum atomic E-state index is 8.88. The molecule has 0 saturated heterocycles. The minimum Gasteiger partial charge on any atom is -0.457 e. The molecule has 3 nitrogen and oxygen atoms in total. The number of hydrogen-bond acceptors (Lipinski definition) is 3. The Hall–Kier alpha value is -2.70. The molecule has 102 valence electrons. The van der Waals surface area contributed by atoms with Crippen LogP contribution in [0, 0.1) is 11.3 Å². The minimum atomic E-state index is 0.370. The predicted octanol–water partition coefficient (Wildman–Crippen LogP) is 4.74. The standard InChI is InChI=1S/C17H11ClN2O/c18-15-9-12(6-5-11(15)10-19)21-17-8-7-16(20)13-3-1-2-4-14(13)17/h1-9H,20H2. The van der Waals surface area contributed by atoms with E-state index in [4.69, 9.17) is 27.3 Å². The third-order valence-corrected chi connectivity index (χ3v) is 3.52. The number of benzene rings is 3. The van der Waals surface area contributed by atoms with Gasteiger partial charge in [0.25, 0.3) is 0 Å². The fourth-order valence-corrected chi connectivity index (χ4v) is 2.37. The Morgan fingerprint density at radius 2 is 1.76 bits per heavy atom. The van der Waals surface area contributed by atoms with Crippen molar-refractivity contribution in [3.8, 4) is 17.6 Å². The van der Waals surface area contributed by atoms with Gasteiger partial charge in [-0.15, -0.1) is 0 Å². The molecule has 0 heterocycles. The van der Waals surface area contributed by atoms with Gasteiger partial charge >= 0.3 is 0 Å². The van der Waals surface area contributed by atoms with E-state index in [0.29, 0.717) is 27.8 Å². The number of rotatable bonds is 2. The molecule has 0 saturated carbocycles. The number of anilines is 1. The summed E-state index contributed by atoms with van der Waals surface area (Å²) in [5, 5.41) is 11.1. The molecule has 0 radical (unpaired) electrons. The maximum absolute atomic E-state index is 8.88. The van der Waals surface area contributed by atoms with E-state index in [1.54, 1.807) is 18.2 Å². The van der Waals surface area contributed by atoms with Gasteiger partial charge in [-0.05, 0) is 24.3 Å². The first kappa shape index (κ1) is 13.3. The van der Waals surface area contributed by atoms with Gasteiger partial charge in [0.2, 0.25) is 0 Å². The molecule has 0 aromatic heterocycles. The average Bonchev–Trinajstić information content (AvgIpc) is 2.51. The first-order valence-corrected chi connectivity index (χ1v) is 6.71. The summed E-state index contributed by atoms with van der Waals surface area (Å²) < 4.78 is 5.88. The zero-order valence-corrected chi connectivity index (χ0v) is 11.8. The molecule has 3 aromatic rings. The number of fused-ring (bicyclic) bond motifs is 1. The van der Waals surface area contributed by atoms with Gasteiger partial charge in [0, 0.05) is 22.5 Å². The number of nitrogens with zero attached hydrogens (tertiary/aromatic N) is 1. The number of hydrogen-bond donors (Lipinski definition) is 1. The van der Waals surface area contributed by atoms with Gasteiger partial charge in [0.05, 0.1) is 10.6 Å². The summed E-state index contributed by atoms with van der Waals surface area (Å²) in [6.45, 7) is 0. The normalized spacial score (nSPS) is 10.3. The highest BCUT2D eigenvalue weighted by atomic mass is 35.5. The second-order valence-corrected chi connectivity index (χ2v) is 4.96. The summed E-state index contributed by atoms with van der Waals surface area (Å²) in [6, 6.07) is 18.4. The SMILES string of the molecule is N#Cc1ccc(Oc2ccc(N)c3ccccc23)cc1Cl. The molecule has 0 aliphatic carbocycles. The van der Waals surface area contributed by atoms with E-state index < -0.39 is 0 Å². The van der Waals surface area contributed by atoms with Crippen molar-refractivity contribution in [3.63, 3.8) is 0 Å². The minimum absolute atomic E-state index is 0.370. The van der Waals surface area contributed by atoms with Crippen molar-refractivity contribution in [1.29, 1.82) is 5.26 Å². The summed E-state index contributed by atoms with van der Waals surface area (Å²) in [7, 11) is 0. The molecule has 0 bridgehead atoms. The Labute approximate surface area is 127 Å². The highest BCUT2D eigenvalue weighted by Gasteiger charge is 2.07. The summed E-state index contributed by atoms with van der Waals surface area (Å²) in [5.41, 5.74) is 7.09. The van der Waals surface area contributed by atoms with Gasteiger partial charge < -0.3 is 10.5 Å². The van der Waals surface area contributed by atoms with Crippen molar-refractivity contribution in [1.82, 2.24) is 0 Å². The van der Waals surface area contributed by atoms with E-state index in [1.165, 1.54) is 0 Å². The number of halogens is 1. The lowest BCUT2D eigenvalue weighted by atomic mass is 10.1. The van der Waals surface area contributed by atoms with Crippen molar-refractivity contribution >= 4 is 28.1 Å². The smallest absolute Gasteiger partial charge is 0.135 e. The van der Waals surface area contributed by atoms with Crippen LogP contribution in [0.3, 0.4) is 0 Å². The summed E-state index contributed by atoms with van der Waals surface area (Å²) in [4.78, 5) is 0. The van der Waals surface area contributed by atoms with E-state index in [9.17, 15) is 0 Å². The van der Waals surface area contributed by atoms with Crippen LogP contribution in [0.2, 0.25) is 5.02 Å². The van der Waals surface area contributed by atoms with Crippen LogP contribution >= 0.6 is 11.6 Å². The van der Waals surface area contributed by atoms with Crippen molar-refractivity contribution in [3.05, 3.63) is 65.2 Å². The fourth-order valence-electron chi connectivity index (χ4n) is 2.16. The monoisotopic (exact) mass is 294 g/mol.